The molecule has 4 aliphatic heterocycles. The van der Waals surface area contributed by atoms with Crippen molar-refractivity contribution < 1.29 is 43.2 Å². The van der Waals surface area contributed by atoms with Crippen LogP contribution in [-0.4, -0.2) is 123 Å². The molecule has 17 nitrogen and oxygen atoms in total. The van der Waals surface area contributed by atoms with E-state index in [1.54, 1.807) is 9.80 Å². The Balaban J connectivity index is 0.944. The lowest BCUT2D eigenvalue weighted by molar-refractivity contribution is -0.154. The highest BCUT2D eigenvalue weighted by Crippen LogP contribution is 2.44. The van der Waals surface area contributed by atoms with Gasteiger partial charge in [0, 0.05) is 43.3 Å². The van der Waals surface area contributed by atoms with Crippen LogP contribution in [0.2, 0.25) is 0 Å². The molecule has 1 spiro atoms. The zero-order chi connectivity index (χ0) is 43.1. The van der Waals surface area contributed by atoms with E-state index in [1.807, 2.05) is 44.3 Å². The first-order valence-corrected chi connectivity index (χ1v) is 21.4. The van der Waals surface area contributed by atoms with Crippen LogP contribution in [0.4, 0.5) is 9.59 Å². The van der Waals surface area contributed by atoms with Gasteiger partial charge in [-0.05, 0) is 66.2 Å². The summed E-state index contributed by atoms with van der Waals surface area (Å²) in [6.45, 7) is 6.27. The third kappa shape index (κ3) is 7.95. The van der Waals surface area contributed by atoms with Crippen LogP contribution in [0.5, 0.6) is 0 Å². The highest BCUT2D eigenvalue weighted by molar-refractivity contribution is 6.05. The van der Waals surface area contributed by atoms with Crippen molar-refractivity contribution in [1.82, 2.24) is 40.4 Å². The summed E-state index contributed by atoms with van der Waals surface area (Å²) < 4.78 is 22.7. The molecule has 9 rings (SSSR count). The van der Waals surface area contributed by atoms with Crippen LogP contribution < -0.4 is 10.6 Å². The van der Waals surface area contributed by atoms with Gasteiger partial charge >= 0.3 is 12.2 Å². The second-order valence-electron chi connectivity index (χ2n) is 17.0. The molecule has 4 saturated heterocycles. The highest BCUT2D eigenvalue weighted by atomic mass is 16.7. The molecule has 4 aliphatic rings. The maximum Gasteiger partial charge on any atom is 0.407 e. The third-order valence-corrected chi connectivity index (χ3v) is 12.8. The SMILES string of the molecule is COC(=O)N[C@H](C(=O)N1CC2(C[C@H]1c1nc3ccc4cc(-c5ccc(-c6c[nH]c([C@@H]7CCCN7C(=O)[C@@H](NC(=O)O)C(C)C)n6)cc5)ccc4c3[nH]1)OCCO2)C1CCOCC1. The Bertz CT molecular complexity index is 2470. The molecule has 4 fully saturated rings. The highest BCUT2D eigenvalue weighted by Gasteiger charge is 2.53. The van der Waals surface area contributed by atoms with Crippen LogP contribution in [0.25, 0.3) is 44.2 Å². The minimum absolute atomic E-state index is 0.123. The topological polar surface area (TPSA) is 213 Å². The lowest BCUT2D eigenvalue weighted by Gasteiger charge is -2.34. The standard InChI is InChI=1S/C45H52N8O9/c1-25(2)36(50-43(56)57)41(54)52-16-4-5-34(52)39-46-23-33(48-39)27-8-6-26(7-9-27)29-10-12-31-30(21-29)11-13-32-38(31)49-40(47-32)35-22-45(61-19-20-62-45)24-53(35)42(55)37(51-44(58)59-3)28-14-17-60-18-15-28/h6-13,21,23,25,28,34-37,50H,4-5,14-20,22,24H2,1-3H3,(H,46,48)(H,47,49)(H,51,58)(H,56,57)/t34-,35-,36-,37-/m0/s1. The molecular formula is C45H52N8O9. The number of benzene rings is 3. The first-order valence-electron chi connectivity index (χ1n) is 21.4. The summed E-state index contributed by atoms with van der Waals surface area (Å²) in [5.41, 5.74) is 5.34. The van der Waals surface area contributed by atoms with Gasteiger partial charge in [-0.25, -0.2) is 19.6 Å². The van der Waals surface area contributed by atoms with Crippen LogP contribution in [0.1, 0.15) is 69.7 Å². The molecule has 326 valence electrons. The quantitative estimate of drug-likeness (QED) is 0.112. The number of fused-ring (bicyclic) bond motifs is 3. The fourth-order valence-corrected chi connectivity index (χ4v) is 9.61. The first-order chi connectivity index (χ1) is 30.0. The molecule has 4 amide bonds. The molecular weight excluding hydrogens is 797 g/mol. The number of likely N-dealkylation sites (tertiary alicyclic amines) is 2. The maximum absolute atomic E-state index is 14.5. The predicted octanol–water partition coefficient (Wildman–Crippen LogP) is 5.90. The van der Waals surface area contributed by atoms with E-state index in [2.05, 4.69) is 50.9 Å². The van der Waals surface area contributed by atoms with Crippen LogP contribution in [0.3, 0.4) is 0 Å². The number of hydrogen-bond acceptors (Lipinski definition) is 10. The number of hydrogen-bond donors (Lipinski definition) is 5. The Morgan fingerprint density at radius 1 is 0.855 bits per heavy atom. The molecule has 62 heavy (non-hydrogen) atoms. The van der Waals surface area contributed by atoms with E-state index < -0.39 is 36.1 Å². The summed E-state index contributed by atoms with van der Waals surface area (Å²) in [6, 6.07) is 16.1. The van der Waals surface area contributed by atoms with Gasteiger partial charge in [-0.15, -0.1) is 0 Å². The number of aromatic nitrogens is 4. The number of imidazole rings is 2. The lowest BCUT2D eigenvalue weighted by atomic mass is 9.90. The molecule has 0 aliphatic carbocycles. The fourth-order valence-electron chi connectivity index (χ4n) is 9.61. The van der Waals surface area contributed by atoms with E-state index in [0.717, 1.165) is 57.0 Å². The van der Waals surface area contributed by atoms with Gasteiger partial charge < -0.3 is 54.5 Å². The van der Waals surface area contributed by atoms with Crippen molar-refractivity contribution >= 4 is 45.8 Å². The summed E-state index contributed by atoms with van der Waals surface area (Å²) in [4.78, 5) is 72.1. The Kier molecular flexibility index (Phi) is 11.3. The minimum Gasteiger partial charge on any atom is -0.465 e. The number of amides is 4. The molecule has 0 unspecified atom stereocenters. The molecule has 3 aromatic carbocycles. The molecule has 0 radical (unpaired) electrons. The van der Waals surface area contributed by atoms with Gasteiger partial charge in [0.15, 0.2) is 5.79 Å². The normalized spacial score (nSPS) is 21.2. The average molecular weight is 849 g/mol. The van der Waals surface area contributed by atoms with Gasteiger partial charge in [-0.2, -0.15) is 0 Å². The van der Waals surface area contributed by atoms with Gasteiger partial charge in [0.05, 0.1) is 55.7 Å². The van der Waals surface area contributed by atoms with E-state index in [4.69, 9.17) is 28.9 Å². The second kappa shape index (κ2) is 17.0. The summed E-state index contributed by atoms with van der Waals surface area (Å²) in [7, 11) is 1.29. The van der Waals surface area contributed by atoms with Gasteiger partial charge in [-0.1, -0.05) is 56.3 Å². The number of rotatable bonds is 10. The van der Waals surface area contributed by atoms with Crippen molar-refractivity contribution in [3.05, 3.63) is 72.4 Å². The molecule has 5 N–H and O–H groups in total. The third-order valence-electron chi connectivity index (χ3n) is 12.8. The van der Waals surface area contributed by atoms with Gasteiger partial charge in [-0.3, -0.25) is 9.59 Å². The number of carbonyl (C=O) groups excluding carboxylic acids is 3. The molecule has 0 bridgehead atoms. The number of nitrogens with one attached hydrogen (secondary N) is 4. The molecule has 6 heterocycles. The Hall–Kier alpha value is -6.04. The monoisotopic (exact) mass is 848 g/mol. The number of aromatic amines is 2. The van der Waals surface area contributed by atoms with E-state index in [-0.39, 0.29) is 36.2 Å². The van der Waals surface area contributed by atoms with Crippen molar-refractivity contribution in [2.24, 2.45) is 11.8 Å². The van der Waals surface area contributed by atoms with Crippen molar-refractivity contribution in [3.63, 3.8) is 0 Å². The summed E-state index contributed by atoms with van der Waals surface area (Å²) >= 11 is 0. The average Bonchev–Trinajstić information content (AvgIpc) is 4.15. The zero-order valence-corrected chi connectivity index (χ0v) is 35.0. The number of alkyl carbamates (subject to hydrolysis) is 1. The van der Waals surface area contributed by atoms with E-state index in [1.165, 1.54) is 7.11 Å². The zero-order valence-electron chi connectivity index (χ0n) is 35.0. The van der Waals surface area contributed by atoms with E-state index in [9.17, 15) is 24.3 Å². The smallest absolute Gasteiger partial charge is 0.407 e. The summed E-state index contributed by atoms with van der Waals surface area (Å²) in [6.07, 6.45) is 3.15. The fraction of sp³-hybridized carbons (Fsp3) is 0.467. The number of carbonyl (C=O) groups is 4. The Morgan fingerprint density at radius 3 is 2.32 bits per heavy atom. The Morgan fingerprint density at radius 2 is 1.60 bits per heavy atom. The number of carboxylic acid groups (broad SMARTS) is 1. The number of nitrogens with zero attached hydrogens (tertiary/aromatic N) is 4. The first kappa shape index (κ1) is 41.3. The van der Waals surface area contributed by atoms with E-state index >= 15 is 0 Å². The molecule has 5 aromatic rings. The van der Waals surface area contributed by atoms with Crippen LogP contribution in [0.15, 0.2) is 60.8 Å². The number of H-pyrrole nitrogens is 2. The summed E-state index contributed by atoms with van der Waals surface area (Å²) in [5.74, 6) is -0.470. The lowest BCUT2D eigenvalue weighted by Crippen LogP contribution is -2.54. The van der Waals surface area contributed by atoms with Crippen LogP contribution in [-0.2, 0) is 28.5 Å². The van der Waals surface area contributed by atoms with Crippen molar-refractivity contribution in [2.45, 2.75) is 75.9 Å². The van der Waals surface area contributed by atoms with Crippen molar-refractivity contribution in [2.75, 3.05) is 46.6 Å². The molecule has 2 aromatic heterocycles. The van der Waals surface area contributed by atoms with Crippen molar-refractivity contribution in [3.8, 4) is 22.4 Å². The minimum atomic E-state index is -1.22. The second-order valence-corrected chi connectivity index (χ2v) is 17.0. The van der Waals surface area contributed by atoms with Crippen LogP contribution in [0, 0.1) is 11.8 Å². The van der Waals surface area contributed by atoms with Crippen LogP contribution >= 0.6 is 0 Å². The molecule has 0 saturated carbocycles. The maximum atomic E-state index is 14.5. The number of ether oxygens (including phenoxy) is 4. The van der Waals surface area contributed by atoms with Gasteiger partial charge in [0.25, 0.3) is 0 Å². The summed E-state index contributed by atoms with van der Waals surface area (Å²) in [5, 5.41) is 16.5. The number of methoxy groups -OCH3 is 1. The van der Waals surface area contributed by atoms with Gasteiger partial charge in [0.2, 0.25) is 11.8 Å². The molecule has 17 heteroatoms. The van der Waals surface area contributed by atoms with Crippen molar-refractivity contribution in [1.29, 1.82) is 0 Å². The van der Waals surface area contributed by atoms with E-state index in [0.29, 0.717) is 63.9 Å². The Labute approximate surface area is 357 Å². The van der Waals surface area contributed by atoms with Gasteiger partial charge in [0.1, 0.15) is 23.7 Å². The molecule has 4 atom stereocenters. The predicted molar refractivity (Wildman–Crippen MR) is 227 cm³/mol. The largest absolute Gasteiger partial charge is 0.465 e.